The fourth-order valence-corrected chi connectivity index (χ4v) is 3.70. The molecule has 0 atom stereocenters. The lowest BCUT2D eigenvalue weighted by Crippen LogP contribution is -2.44. The lowest BCUT2D eigenvalue weighted by atomic mass is 9.52. The molecule has 0 unspecified atom stereocenters. The molecular formula is C15H19NO. The second kappa shape index (κ2) is 3.66. The van der Waals surface area contributed by atoms with Crippen LogP contribution in [0.25, 0.3) is 0 Å². The van der Waals surface area contributed by atoms with Crippen molar-refractivity contribution < 1.29 is 4.79 Å². The zero-order chi connectivity index (χ0) is 11.9. The normalized spacial score (nSPS) is 35.8. The van der Waals surface area contributed by atoms with Crippen LogP contribution in [-0.2, 0) is 10.2 Å². The topological polar surface area (TPSA) is 30.0 Å². The van der Waals surface area contributed by atoms with Crippen LogP contribution in [0.4, 0.5) is 0 Å². The highest BCUT2D eigenvalue weighted by Gasteiger charge is 2.49. The zero-order valence-electron chi connectivity index (χ0n) is 10.4. The zero-order valence-corrected chi connectivity index (χ0v) is 10.4. The monoisotopic (exact) mass is 229 g/mol. The predicted octanol–water partition coefficient (Wildman–Crippen LogP) is 3.18. The summed E-state index contributed by atoms with van der Waals surface area (Å²) in [6, 6.07) is 4.41. The summed E-state index contributed by atoms with van der Waals surface area (Å²) < 4.78 is 0. The van der Waals surface area contributed by atoms with Gasteiger partial charge in [0.05, 0.1) is 0 Å². The van der Waals surface area contributed by atoms with Crippen molar-refractivity contribution in [1.29, 1.82) is 0 Å². The number of fused-ring (bicyclic) bond motifs is 3. The molecule has 3 fully saturated rings. The van der Waals surface area contributed by atoms with Crippen molar-refractivity contribution in [2.45, 2.75) is 50.9 Å². The molecule has 17 heavy (non-hydrogen) atoms. The van der Waals surface area contributed by atoms with E-state index in [1.807, 2.05) is 6.20 Å². The van der Waals surface area contributed by atoms with Crippen LogP contribution in [0.2, 0.25) is 0 Å². The van der Waals surface area contributed by atoms with Gasteiger partial charge in [0, 0.05) is 17.3 Å². The summed E-state index contributed by atoms with van der Waals surface area (Å²) in [5, 5.41) is 0. The van der Waals surface area contributed by atoms with E-state index in [4.69, 9.17) is 0 Å². The number of pyridine rings is 1. The summed E-state index contributed by atoms with van der Waals surface area (Å²) in [4.78, 5) is 15.5. The van der Waals surface area contributed by atoms with Gasteiger partial charge in [0.15, 0.2) is 0 Å². The quantitative estimate of drug-likeness (QED) is 0.729. The second-order valence-electron chi connectivity index (χ2n) is 5.95. The molecule has 3 aliphatic carbocycles. The maximum Gasteiger partial charge on any atom is 0.126 e. The molecule has 0 aromatic carbocycles. The van der Waals surface area contributed by atoms with Gasteiger partial charge in [0.25, 0.3) is 0 Å². The molecule has 0 amide bonds. The molecule has 3 aliphatic rings. The number of aryl methyl sites for hydroxylation is 1. The summed E-state index contributed by atoms with van der Waals surface area (Å²) in [6.07, 6.45) is 9.93. The Balaban J connectivity index is 1.93. The van der Waals surface area contributed by atoms with Crippen LogP contribution in [0.3, 0.4) is 0 Å². The van der Waals surface area contributed by atoms with Crippen LogP contribution >= 0.6 is 0 Å². The van der Waals surface area contributed by atoms with Gasteiger partial charge in [-0.3, -0.25) is 4.98 Å². The Morgan fingerprint density at radius 1 is 1.18 bits per heavy atom. The number of carbonyl (C=O) groups excluding carboxylic acids is 1. The third kappa shape index (κ3) is 1.62. The molecular weight excluding hydrogens is 210 g/mol. The molecule has 0 radical (unpaired) electrons. The van der Waals surface area contributed by atoms with Gasteiger partial charge >= 0.3 is 0 Å². The number of nitrogens with zero attached hydrogens (tertiary/aromatic N) is 1. The molecule has 0 N–H and O–H groups in total. The maximum atomic E-state index is 11.2. The molecule has 0 saturated heterocycles. The van der Waals surface area contributed by atoms with Gasteiger partial charge in [-0.1, -0.05) is 0 Å². The molecule has 2 heteroatoms. The van der Waals surface area contributed by atoms with Crippen LogP contribution in [0, 0.1) is 12.3 Å². The molecule has 90 valence electrons. The van der Waals surface area contributed by atoms with Gasteiger partial charge in [-0.2, -0.15) is 0 Å². The highest BCUT2D eigenvalue weighted by Crippen LogP contribution is 2.56. The standard InChI is InChI=1S/C15H19NO/c1-12-10-13(2-9-16-12)15-6-3-14(11-17,4-7-15)5-8-15/h2,9-11H,3-8H2,1H3. The number of rotatable bonds is 2. The number of hydrogen-bond donors (Lipinski definition) is 0. The first-order chi connectivity index (χ1) is 8.18. The minimum absolute atomic E-state index is 0.0316. The largest absolute Gasteiger partial charge is 0.303 e. The summed E-state index contributed by atoms with van der Waals surface area (Å²) >= 11 is 0. The predicted molar refractivity (Wildman–Crippen MR) is 66.9 cm³/mol. The van der Waals surface area contributed by atoms with Crippen LogP contribution < -0.4 is 0 Å². The smallest absolute Gasteiger partial charge is 0.126 e. The van der Waals surface area contributed by atoms with Crippen LogP contribution in [-0.4, -0.2) is 11.3 Å². The van der Waals surface area contributed by atoms with Crippen molar-refractivity contribution >= 4 is 6.29 Å². The Hall–Kier alpha value is -1.18. The summed E-state index contributed by atoms with van der Waals surface area (Å²) in [6.45, 7) is 2.06. The number of aldehydes is 1. The highest BCUT2D eigenvalue weighted by molar-refractivity contribution is 5.60. The fraction of sp³-hybridized carbons (Fsp3) is 0.600. The molecule has 0 aliphatic heterocycles. The summed E-state index contributed by atoms with van der Waals surface area (Å²) in [5.74, 6) is 0. The lowest BCUT2D eigenvalue weighted by Gasteiger charge is -2.51. The number of hydrogen-bond acceptors (Lipinski definition) is 2. The number of carbonyl (C=O) groups is 1. The van der Waals surface area contributed by atoms with Gasteiger partial charge in [-0.15, -0.1) is 0 Å². The average molecular weight is 229 g/mol. The summed E-state index contributed by atoms with van der Waals surface area (Å²) in [5.41, 5.74) is 2.93. The second-order valence-corrected chi connectivity index (χ2v) is 5.95. The van der Waals surface area contributed by atoms with Crippen LogP contribution in [0.1, 0.15) is 49.8 Å². The Morgan fingerprint density at radius 3 is 2.35 bits per heavy atom. The first-order valence-electron chi connectivity index (χ1n) is 6.58. The molecule has 1 aromatic rings. The van der Waals surface area contributed by atoms with Gasteiger partial charge < -0.3 is 4.79 Å². The van der Waals surface area contributed by atoms with Gasteiger partial charge in [-0.05, 0) is 68.6 Å². The Morgan fingerprint density at radius 2 is 1.82 bits per heavy atom. The third-order valence-corrected chi connectivity index (χ3v) is 5.06. The number of aromatic nitrogens is 1. The molecule has 1 aromatic heterocycles. The van der Waals surface area contributed by atoms with E-state index in [0.29, 0.717) is 5.41 Å². The van der Waals surface area contributed by atoms with E-state index in [9.17, 15) is 4.79 Å². The van der Waals surface area contributed by atoms with E-state index in [-0.39, 0.29) is 5.41 Å². The Kier molecular flexibility index (Phi) is 2.35. The SMILES string of the molecule is Cc1cc(C23CCC(C=O)(CC2)CC3)ccn1. The van der Waals surface area contributed by atoms with Crippen molar-refractivity contribution in [2.24, 2.45) is 5.41 Å². The maximum absolute atomic E-state index is 11.2. The Bertz CT molecular complexity index is 427. The van der Waals surface area contributed by atoms with Gasteiger partial charge in [0.2, 0.25) is 0 Å². The van der Waals surface area contributed by atoms with E-state index in [1.54, 1.807) is 0 Å². The van der Waals surface area contributed by atoms with Crippen LogP contribution in [0.15, 0.2) is 18.3 Å². The van der Waals surface area contributed by atoms with Crippen molar-refractivity contribution in [2.75, 3.05) is 0 Å². The molecule has 2 nitrogen and oxygen atoms in total. The first-order valence-corrected chi connectivity index (χ1v) is 6.58. The molecule has 2 bridgehead atoms. The first kappa shape index (κ1) is 10.9. The summed E-state index contributed by atoms with van der Waals surface area (Å²) in [7, 11) is 0. The van der Waals surface area contributed by atoms with E-state index in [2.05, 4.69) is 24.0 Å². The molecule has 1 heterocycles. The minimum Gasteiger partial charge on any atom is -0.303 e. The van der Waals surface area contributed by atoms with Crippen molar-refractivity contribution in [3.05, 3.63) is 29.6 Å². The van der Waals surface area contributed by atoms with Crippen molar-refractivity contribution in [1.82, 2.24) is 4.98 Å². The molecule has 0 spiro atoms. The van der Waals surface area contributed by atoms with E-state index < -0.39 is 0 Å². The average Bonchev–Trinajstić information content (AvgIpc) is 2.41. The minimum atomic E-state index is 0.0316. The van der Waals surface area contributed by atoms with E-state index in [1.165, 1.54) is 31.1 Å². The van der Waals surface area contributed by atoms with Crippen molar-refractivity contribution in [3.8, 4) is 0 Å². The van der Waals surface area contributed by atoms with Crippen LogP contribution in [0.5, 0.6) is 0 Å². The van der Waals surface area contributed by atoms with Gasteiger partial charge in [0.1, 0.15) is 6.29 Å². The third-order valence-electron chi connectivity index (χ3n) is 5.06. The lowest BCUT2D eigenvalue weighted by molar-refractivity contribution is -0.122. The molecule has 3 saturated carbocycles. The van der Waals surface area contributed by atoms with E-state index in [0.717, 1.165) is 25.0 Å². The molecule has 4 rings (SSSR count). The van der Waals surface area contributed by atoms with E-state index >= 15 is 0 Å². The highest BCUT2D eigenvalue weighted by atomic mass is 16.1. The Labute approximate surface area is 102 Å². The van der Waals surface area contributed by atoms with Gasteiger partial charge in [-0.25, -0.2) is 0 Å². The van der Waals surface area contributed by atoms with Crippen molar-refractivity contribution in [3.63, 3.8) is 0 Å². The fourth-order valence-electron chi connectivity index (χ4n) is 3.70.